The Morgan fingerprint density at radius 3 is 2.53 bits per heavy atom. The molecule has 0 unspecified atom stereocenters. The van der Waals surface area contributed by atoms with Gasteiger partial charge in [0.05, 0.1) is 5.69 Å². The maximum atomic E-state index is 12.9. The fourth-order valence-corrected chi connectivity index (χ4v) is 2.17. The van der Waals surface area contributed by atoms with Crippen LogP contribution in [0.15, 0.2) is 36.4 Å². The lowest BCUT2D eigenvalue weighted by molar-refractivity contribution is 0.111. The lowest BCUT2D eigenvalue weighted by atomic mass is 10.2. The zero-order valence-corrected chi connectivity index (χ0v) is 11.1. The van der Waals surface area contributed by atoms with Crippen LogP contribution in [0.2, 0.25) is 0 Å². The van der Waals surface area contributed by atoms with Gasteiger partial charge < -0.3 is 4.57 Å². The summed E-state index contributed by atoms with van der Waals surface area (Å²) in [6.07, 6.45) is 4.06. The molecule has 0 aliphatic carbocycles. The molecular weight excluding hydrogens is 241 g/mol. The van der Waals surface area contributed by atoms with Crippen molar-refractivity contribution in [2.45, 2.75) is 32.7 Å². The lowest BCUT2D eigenvalue weighted by Crippen LogP contribution is -2.08. The molecule has 100 valence electrons. The zero-order valence-electron chi connectivity index (χ0n) is 11.1. The van der Waals surface area contributed by atoms with Gasteiger partial charge in [-0.25, -0.2) is 4.39 Å². The Hall–Kier alpha value is -1.90. The Kier molecular flexibility index (Phi) is 4.50. The molecule has 1 heterocycles. The van der Waals surface area contributed by atoms with E-state index in [1.54, 1.807) is 12.1 Å². The fourth-order valence-electron chi connectivity index (χ4n) is 2.17. The van der Waals surface area contributed by atoms with Crippen LogP contribution in [0, 0.1) is 5.82 Å². The van der Waals surface area contributed by atoms with Gasteiger partial charge in [0.2, 0.25) is 0 Å². The minimum Gasteiger partial charge on any atom is -0.338 e. The average Bonchev–Trinajstić information content (AvgIpc) is 2.81. The largest absolute Gasteiger partial charge is 0.338 e. The number of aromatic nitrogens is 1. The molecule has 0 amide bonds. The van der Waals surface area contributed by atoms with E-state index in [1.807, 2.05) is 16.7 Å². The highest BCUT2D eigenvalue weighted by molar-refractivity contribution is 5.72. The minimum absolute atomic E-state index is 0.238. The van der Waals surface area contributed by atoms with Crippen molar-refractivity contribution in [2.24, 2.45) is 0 Å². The second kappa shape index (κ2) is 6.32. The van der Waals surface area contributed by atoms with Crippen molar-refractivity contribution in [3.63, 3.8) is 0 Å². The summed E-state index contributed by atoms with van der Waals surface area (Å²) < 4.78 is 14.9. The molecule has 0 atom stereocenters. The van der Waals surface area contributed by atoms with Crippen LogP contribution in [-0.2, 0) is 13.0 Å². The zero-order chi connectivity index (χ0) is 13.7. The van der Waals surface area contributed by atoms with Crippen molar-refractivity contribution in [3.05, 3.63) is 59.2 Å². The van der Waals surface area contributed by atoms with Crippen molar-refractivity contribution in [2.75, 3.05) is 0 Å². The van der Waals surface area contributed by atoms with Gasteiger partial charge in [-0.3, -0.25) is 4.79 Å². The van der Waals surface area contributed by atoms with Gasteiger partial charge in [0.25, 0.3) is 0 Å². The van der Waals surface area contributed by atoms with Crippen molar-refractivity contribution in [1.82, 2.24) is 4.57 Å². The quantitative estimate of drug-likeness (QED) is 0.723. The molecule has 1 aromatic heterocycles. The van der Waals surface area contributed by atoms with E-state index in [9.17, 15) is 9.18 Å². The molecule has 2 nitrogen and oxygen atoms in total. The van der Waals surface area contributed by atoms with Crippen LogP contribution >= 0.6 is 0 Å². The Morgan fingerprint density at radius 1 is 1.16 bits per heavy atom. The highest BCUT2D eigenvalue weighted by Gasteiger charge is 2.08. The number of hydrogen-bond donors (Lipinski definition) is 0. The molecule has 0 spiro atoms. The molecular formula is C16H18FNO. The Morgan fingerprint density at radius 2 is 1.89 bits per heavy atom. The van der Waals surface area contributed by atoms with E-state index in [2.05, 4.69) is 6.92 Å². The first-order valence-corrected chi connectivity index (χ1v) is 6.62. The molecule has 2 aromatic rings. The van der Waals surface area contributed by atoms with Crippen LogP contribution in [0.1, 0.15) is 41.5 Å². The molecule has 0 radical (unpaired) electrons. The van der Waals surface area contributed by atoms with Gasteiger partial charge in [-0.05, 0) is 42.7 Å². The van der Waals surface area contributed by atoms with E-state index >= 15 is 0 Å². The van der Waals surface area contributed by atoms with Crippen molar-refractivity contribution in [1.29, 1.82) is 0 Å². The first-order valence-electron chi connectivity index (χ1n) is 6.62. The number of aldehydes is 1. The molecule has 0 N–H and O–H groups in total. The summed E-state index contributed by atoms with van der Waals surface area (Å²) in [5, 5.41) is 0. The smallest absolute Gasteiger partial charge is 0.166 e. The van der Waals surface area contributed by atoms with Crippen LogP contribution in [0.3, 0.4) is 0 Å². The first-order chi connectivity index (χ1) is 9.24. The van der Waals surface area contributed by atoms with E-state index in [1.165, 1.54) is 12.1 Å². The second-order valence-electron chi connectivity index (χ2n) is 4.68. The number of halogens is 1. The molecule has 1 aromatic carbocycles. The number of hydrogen-bond acceptors (Lipinski definition) is 1. The van der Waals surface area contributed by atoms with E-state index < -0.39 is 0 Å². The van der Waals surface area contributed by atoms with Gasteiger partial charge in [-0.15, -0.1) is 0 Å². The number of nitrogens with zero attached hydrogens (tertiary/aromatic N) is 1. The Labute approximate surface area is 112 Å². The number of benzene rings is 1. The third-order valence-electron chi connectivity index (χ3n) is 3.27. The fraction of sp³-hybridized carbons (Fsp3) is 0.312. The number of carbonyl (C=O) groups excluding carboxylic acids is 1. The van der Waals surface area contributed by atoms with E-state index in [4.69, 9.17) is 0 Å². The van der Waals surface area contributed by atoms with E-state index in [-0.39, 0.29) is 5.82 Å². The predicted molar refractivity (Wildman–Crippen MR) is 73.9 cm³/mol. The lowest BCUT2D eigenvalue weighted by Gasteiger charge is -2.11. The monoisotopic (exact) mass is 259 g/mol. The predicted octanol–water partition coefficient (Wildman–Crippen LogP) is 3.83. The standard InChI is InChI=1S/C16H18FNO/c1-2-3-4-15-9-10-16(12-19)18(15)11-13-5-7-14(17)8-6-13/h5-10,12H,2-4,11H2,1H3. The summed E-state index contributed by atoms with van der Waals surface area (Å²) in [5.74, 6) is -0.238. The third kappa shape index (κ3) is 3.31. The molecule has 2 rings (SSSR count). The first kappa shape index (κ1) is 13.5. The molecule has 19 heavy (non-hydrogen) atoms. The van der Waals surface area contributed by atoms with Gasteiger partial charge in [0.1, 0.15) is 5.82 Å². The van der Waals surface area contributed by atoms with E-state index in [0.29, 0.717) is 12.2 Å². The number of carbonyl (C=O) groups is 1. The van der Waals surface area contributed by atoms with Gasteiger partial charge in [0, 0.05) is 12.2 Å². The SMILES string of the molecule is CCCCc1ccc(C=O)n1Cc1ccc(F)cc1. The van der Waals surface area contributed by atoms with Crippen molar-refractivity contribution in [3.8, 4) is 0 Å². The van der Waals surface area contributed by atoms with Gasteiger partial charge in [-0.2, -0.15) is 0 Å². The summed E-state index contributed by atoms with van der Waals surface area (Å²) in [5.41, 5.74) is 2.84. The number of unbranched alkanes of at least 4 members (excludes halogenated alkanes) is 1. The molecule has 0 bridgehead atoms. The third-order valence-corrected chi connectivity index (χ3v) is 3.27. The number of rotatable bonds is 6. The number of aryl methyl sites for hydroxylation is 1. The summed E-state index contributed by atoms with van der Waals surface area (Å²) >= 11 is 0. The maximum absolute atomic E-state index is 12.9. The molecule has 0 saturated carbocycles. The van der Waals surface area contributed by atoms with Crippen LogP contribution in [-0.4, -0.2) is 10.9 Å². The molecule has 3 heteroatoms. The highest BCUT2D eigenvalue weighted by Crippen LogP contribution is 2.14. The van der Waals surface area contributed by atoms with Gasteiger partial charge in [-0.1, -0.05) is 25.5 Å². The van der Waals surface area contributed by atoms with Gasteiger partial charge in [0.15, 0.2) is 6.29 Å². The average molecular weight is 259 g/mol. The highest BCUT2D eigenvalue weighted by atomic mass is 19.1. The van der Waals surface area contributed by atoms with Gasteiger partial charge >= 0.3 is 0 Å². The Bertz CT molecular complexity index is 542. The summed E-state index contributed by atoms with van der Waals surface area (Å²) in [6, 6.07) is 10.3. The minimum atomic E-state index is -0.238. The van der Waals surface area contributed by atoms with E-state index in [0.717, 1.165) is 36.8 Å². The summed E-state index contributed by atoms with van der Waals surface area (Å²) in [4.78, 5) is 11.1. The molecule has 0 aliphatic rings. The summed E-state index contributed by atoms with van der Waals surface area (Å²) in [6.45, 7) is 2.76. The topological polar surface area (TPSA) is 22.0 Å². The second-order valence-corrected chi connectivity index (χ2v) is 4.68. The Balaban J connectivity index is 2.23. The maximum Gasteiger partial charge on any atom is 0.166 e. The molecule has 0 fully saturated rings. The normalized spacial score (nSPS) is 10.6. The van der Waals surface area contributed by atoms with Crippen LogP contribution < -0.4 is 0 Å². The van der Waals surface area contributed by atoms with Crippen LogP contribution in [0.25, 0.3) is 0 Å². The van der Waals surface area contributed by atoms with Crippen molar-refractivity contribution < 1.29 is 9.18 Å². The molecule has 0 saturated heterocycles. The van der Waals surface area contributed by atoms with Crippen molar-refractivity contribution >= 4 is 6.29 Å². The van der Waals surface area contributed by atoms with Crippen LogP contribution in [0.5, 0.6) is 0 Å². The van der Waals surface area contributed by atoms with Crippen LogP contribution in [0.4, 0.5) is 4.39 Å². The molecule has 0 aliphatic heterocycles. The summed E-state index contributed by atoms with van der Waals surface area (Å²) in [7, 11) is 0.